The summed E-state index contributed by atoms with van der Waals surface area (Å²) in [5.41, 5.74) is 0. The average Bonchev–Trinajstić information content (AvgIpc) is 2.50. The van der Waals surface area contributed by atoms with Crippen LogP contribution in [0, 0.1) is 0 Å². The molecule has 5 atom stereocenters. The molecular weight excluding hydrogens is 350 g/mol. The summed E-state index contributed by atoms with van der Waals surface area (Å²) >= 11 is 0. The number of carbonyl (C=O) groups excluding carboxylic acids is 4. The molecule has 0 aromatic carbocycles. The Bertz CT molecular complexity index is 536. The van der Waals surface area contributed by atoms with Crippen LogP contribution in [0.4, 0.5) is 0 Å². The molecule has 1 aliphatic heterocycles. The summed E-state index contributed by atoms with van der Waals surface area (Å²) in [4.78, 5) is 45.8. The predicted molar refractivity (Wildman–Crippen MR) is 85.6 cm³/mol. The van der Waals surface area contributed by atoms with Crippen molar-refractivity contribution in [1.29, 1.82) is 0 Å². The van der Waals surface area contributed by atoms with Gasteiger partial charge in [0.25, 0.3) is 0 Å². The van der Waals surface area contributed by atoms with Crippen molar-refractivity contribution in [2.45, 2.75) is 65.3 Å². The van der Waals surface area contributed by atoms with E-state index >= 15 is 0 Å². The normalized spacial score (nSPS) is 28.0. The summed E-state index contributed by atoms with van der Waals surface area (Å²) in [5.74, 6) is -2.28. The molecule has 0 aliphatic carbocycles. The minimum Gasteiger partial charge on any atom is -0.463 e. The van der Waals surface area contributed by atoms with Crippen molar-refractivity contribution < 1.29 is 42.9 Å². The fourth-order valence-electron chi connectivity index (χ4n) is 2.60. The Labute approximate surface area is 151 Å². The van der Waals surface area contributed by atoms with Crippen molar-refractivity contribution in [3.8, 4) is 0 Å². The first-order chi connectivity index (χ1) is 12.1. The van der Waals surface area contributed by atoms with Gasteiger partial charge in [-0.05, 0) is 6.92 Å². The van der Waals surface area contributed by atoms with Crippen LogP contribution in [-0.4, -0.2) is 67.7 Å². The van der Waals surface area contributed by atoms with Gasteiger partial charge >= 0.3 is 17.9 Å². The third-order valence-electron chi connectivity index (χ3n) is 3.40. The minimum atomic E-state index is -1.11. The Morgan fingerprint density at radius 2 is 1.50 bits per heavy atom. The van der Waals surface area contributed by atoms with Gasteiger partial charge in [-0.25, -0.2) is 0 Å². The number of esters is 3. The standard InChI is InChI=1S/C16H25NO9/c1-6-22-16-13(17-8(2)18)15(25-11(5)21)14(24-10(4)20)12(26-16)7-23-9(3)19/h12-16H,6-7H2,1-5H3,(H,17,18)/t12-,13-,14+,15-,16-/m0/s1. The Hall–Kier alpha value is -2.20. The molecule has 26 heavy (non-hydrogen) atoms. The topological polar surface area (TPSA) is 126 Å². The molecule has 1 N–H and O–H groups in total. The third kappa shape index (κ3) is 6.60. The second-order valence-electron chi connectivity index (χ2n) is 5.68. The van der Waals surface area contributed by atoms with Crippen LogP contribution in [0.25, 0.3) is 0 Å². The highest BCUT2D eigenvalue weighted by Crippen LogP contribution is 2.27. The van der Waals surface area contributed by atoms with Gasteiger partial charge in [-0.2, -0.15) is 0 Å². The van der Waals surface area contributed by atoms with Gasteiger partial charge in [-0.3, -0.25) is 19.2 Å². The number of hydrogen-bond acceptors (Lipinski definition) is 9. The summed E-state index contributed by atoms with van der Waals surface area (Å²) in [5, 5.41) is 2.60. The molecule has 1 fully saturated rings. The molecule has 0 aromatic rings. The van der Waals surface area contributed by atoms with Crippen molar-refractivity contribution in [3.05, 3.63) is 0 Å². The van der Waals surface area contributed by atoms with Crippen LogP contribution < -0.4 is 5.32 Å². The molecule has 0 saturated carbocycles. The first-order valence-electron chi connectivity index (χ1n) is 8.17. The fraction of sp³-hybridized carbons (Fsp3) is 0.750. The highest BCUT2D eigenvalue weighted by Gasteiger charge is 2.51. The van der Waals surface area contributed by atoms with E-state index < -0.39 is 54.5 Å². The zero-order valence-corrected chi connectivity index (χ0v) is 15.5. The van der Waals surface area contributed by atoms with Gasteiger partial charge in [0.05, 0.1) is 0 Å². The maximum Gasteiger partial charge on any atom is 0.303 e. The molecule has 0 aromatic heterocycles. The van der Waals surface area contributed by atoms with E-state index in [-0.39, 0.29) is 13.2 Å². The van der Waals surface area contributed by atoms with Crippen LogP contribution in [0.5, 0.6) is 0 Å². The summed E-state index contributed by atoms with van der Waals surface area (Å²) in [6, 6.07) is -0.922. The van der Waals surface area contributed by atoms with Crippen LogP contribution in [0.15, 0.2) is 0 Å². The summed E-state index contributed by atoms with van der Waals surface area (Å²) in [7, 11) is 0. The quantitative estimate of drug-likeness (QED) is 0.470. The van der Waals surface area contributed by atoms with Gasteiger partial charge < -0.3 is 29.0 Å². The second-order valence-corrected chi connectivity index (χ2v) is 5.68. The molecule has 10 heteroatoms. The highest BCUT2D eigenvalue weighted by molar-refractivity contribution is 5.73. The fourth-order valence-corrected chi connectivity index (χ4v) is 2.60. The van der Waals surface area contributed by atoms with Crippen molar-refractivity contribution in [2.24, 2.45) is 0 Å². The molecule has 1 amide bonds. The van der Waals surface area contributed by atoms with E-state index in [1.54, 1.807) is 6.92 Å². The van der Waals surface area contributed by atoms with E-state index in [1.807, 2.05) is 0 Å². The molecule has 10 nitrogen and oxygen atoms in total. The lowest BCUT2D eigenvalue weighted by molar-refractivity contribution is -0.276. The van der Waals surface area contributed by atoms with E-state index in [1.165, 1.54) is 27.7 Å². The molecule has 1 saturated heterocycles. The van der Waals surface area contributed by atoms with Gasteiger partial charge in [-0.1, -0.05) is 0 Å². The van der Waals surface area contributed by atoms with E-state index in [0.29, 0.717) is 0 Å². The molecule has 0 bridgehead atoms. The Morgan fingerprint density at radius 3 is 1.96 bits per heavy atom. The van der Waals surface area contributed by atoms with Gasteiger partial charge in [0.1, 0.15) is 18.8 Å². The predicted octanol–water partition coefficient (Wildman–Crippen LogP) is -0.321. The van der Waals surface area contributed by atoms with Crippen LogP contribution in [0.1, 0.15) is 34.6 Å². The average molecular weight is 375 g/mol. The van der Waals surface area contributed by atoms with Crippen molar-refractivity contribution in [1.82, 2.24) is 5.32 Å². The second kappa shape index (κ2) is 10.1. The van der Waals surface area contributed by atoms with Gasteiger partial charge in [0.15, 0.2) is 18.5 Å². The van der Waals surface area contributed by atoms with Crippen molar-refractivity contribution >= 4 is 23.8 Å². The Kier molecular flexibility index (Phi) is 8.46. The van der Waals surface area contributed by atoms with Crippen molar-refractivity contribution in [2.75, 3.05) is 13.2 Å². The van der Waals surface area contributed by atoms with Gasteiger partial charge in [-0.15, -0.1) is 0 Å². The molecule has 0 radical (unpaired) electrons. The molecular formula is C16H25NO9. The number of amides is 1. The van der Waals surface area contributed by atoms with Gasteiger partial charge in [0.2, 0.25) is 5.91 Å². The largest absolute Gasteiger partial charge is 0.463 e. The number of carbonyl (C=O) groups is 4. The van der Waals surface area contributed by atoms with E-state index in [9.17, 15) is 19.2 Å². The lowest BCUT2D eigenvalue weighted by Gasteiger charge is -2.44. The number of rotatable bonds is 7. The molecule has 1 heterocycles. The zero-order valence-electron chi connectivity index (χ0n) is 15.5. The van der Waals surface area contributed by atoms with E-state index in [0.717, 1.165) is 0 Å². The molecule has 1 aliphatic rings. The lowest BCUT2D eigenvalue weighted by Crippen LogP contribution is -2.66. The third-order valence-corrected chi connectivity index (χ3v) is 3.40. The molecule has 1 rings (SSSR count). The van der Waals surface area contributed by atoms with Crippen LogP contribution in [-0.2, 0) is 42.9 Å². The number of hydrogen-bond donors (Lipinski definition) is 1. The van der Waals surface area contributed by atoms with Crippen LogP contribution in [0.2, 0.25) is 0 Å². The molecule has 148 valence electrons. The van der Waals surface area contributed by atoms with E-state index in [2.05, 4.69) is 5.32 Å². The number of ether oxygens (including phenoxy) is 5. The molecule has 0 spiro atoms. The van der Waals surface area contributed by atoms with Crippen LogP contribution in [0.3, 0.4) is 0 Å². The highest BCUT2D eigenvalue weighted by atomic mass is 16.7. The monoisotopic (exact) mass is 375 g/mol. The van der Waals surface area contributed by atoms with Gasteiger partial charge in [0, 0.05) is 34.3 Å². The Balaban J connectivity index is 3.22. The maximum absolute atomic E-state index is 11.6. The summed E-state index contributed by atoms with van der Waals surface area (Å²) < 4.78 is 26.7. The zero-order chi connectivity index (χ0) is 19.9. The maximum atomic E-state index is 11.6. The number of nitrogens with one attached hydrogen (secondary N) is 1. The van der Waals surface area contributed by atoms with E-state index in [4.69, 9.17) is 23.7 Å². The first-order valence-corrected chi connectivity index (χ1v) is 8.17. The first kappa shape index (κ1) is 21.8. The summed E-state index contributed by atoms with van der Waals surface area (Å²) in [6.45, 7) is 6.56. The Morgan fingerprint density at radius 1 is 0.923 bits per heavy atom. The molecule has 0 unspecified atom stereocenters. The van der Waals surface area contributed by atoms with Crippen molar-refractivity contribution in [3.63, 3.8) is 0 Å². The van der Waals surface area contributed by atoms with Crippen LogP contribution >= 0.6 is 0 Å². The lowest BCUT2D eigenvalue weighted by atomic mass is 9.96. The SMILES string of the molecule is CCO[C@H]1O[C@@H](COC(C)=O)[C@@H](OC(C)=O)[C@@H](OC(C)=O)[C@@H]1NC(C)=O. The smallest absolute Gasteiger partial charge is 0.303 e. The summed E-state index contributed by atoms with van der Waals surface area (Å²) in [6.07, 6.45) is -4.15. The minimum absolute atomic E-state index is 0.242.